The highest BCUT2D eigenvalue weighted by Crippen LogP contribution is 2.30. The molecule has 0 bridgehead atoms. The molecule has 2 aromatic rings. The van der Waals surface area contributed by atoms with Gasteiger partial charge in [0.2, 0.25) is 0 Å². The van der Waals surface area contributed by atoms with Crippen molar-refractivity contribution in [2.75, 3.05) is 0 Å². The molecule has 0 unspecified atom stereocenters. The molecule has 0 radical (unpaired) electrons. The molecule has 22 heavy (non-hydrogen) atoms. The van der Waals surface area contributed by atoms with Crippen molar-refractivity contribution in [2.45, 2.75) is 25.7 Å². The molecule has 0 heterocycles. The Hall–Kier alpha value is -2.48. The second-order valence-electron chi connectivity index (χ2n) is 5.55. The fraction of sp³-hybridized carbons (Fsp3) is 0.200. The summed E-state index contributed by atoms with van der Waals surface area (Å²) in [5, 5.41) is 0. The minimum Gasteiger partial charge on any atom is -0.295 e. The summed E-state index contributed by atoms with van der Waals surface area (Å²) in [6.07, 6.45) is 3.14. The van der Waals surface area contributed by atoms with Gasteiger partial charge in [0.25, 0.3) is 0 Å². The van der Waals surface area contributed by atoms with Gasteiger partial charge in [0, 0.05) is 23.1 Å². The average Bonchev–Trinajstić information content (AvgIpc) is 2.58. The summed E-state index contributed by atoms with van der Waals surface area (Å²) in [4.78, 5) is 25.3. The SMILES string of the molecule is O=C1CCCC/C1=C(/C(=O)c1ccccc1)c1ccccc1. The van der Waals surface area contributed by atoms with Crippen LogP contribution in [0, 0.1) is 0 Å². The van der Waals surface area contributed by atoms with Gasteiger partial charge in [-0.1, -0.05) is 60.7 Å². The van der Waals surface area contributed by atoms with Gasteiger partial charge in [0.15, 0.2) is 11.6 Å². The molecule has 0 saturated heterocycles. The zero-order valence-corrected chi connectivity index (χ0v) is 12.4. The lowest BCUT2D eigenvalue weighted by Gasteiger charge is -2.18. The number of benzene rings is 2. The highest BCUT2D eigenvalue weighted by Gasteiger charge is 2.25. The van der Waals surface area contributed by atoms with E-state index in [9.17, 15) is 9.59 Å². The summed E-state index contributed by atoms with van der Waals surface area (Å²) < 4.78 is 0. The first-order valence-corrected chi connectivity index (χ1v) is 7.69. The Kier molecular flexibility index (Phi) is 4.29. The Morgan fingerprint density at radius 1 is 0.727 bits per heavy atom. The van der Waals surface area contributed by atoms with E-state index >= 15 is 0 Å². The minimum absolute atomic E-state index is 0.0583. The zero-order valence-electron chi connectivity index (χ0n) is 12.4. The number of allylic oxidation sites excluding steroid dienone is 2. The van der Waals surface area contributed by atoms with Crippen molar-refractivity contribution >= 4 is 17.1 Å². The molecule has 0 N–H and O–H groups in total. The van der Waals surface area contributed by atoms with Gasteiger partial charge >= 0.3 is 0 Å². The quantitative estimate of drug-likeness (QED) is 0.617. The Bertz CT molecular complexity index is 712. The molecule has 1 fully saturated rings. The van der Waals surface area contributed by atoms with Gasteiger partial charge < -0.3 is 0 Å². The molecular formula is C20H18O2. The second kappa shape index (κ2) is 6.52. The number of carbonyl (C=O) groups is 2. The third-order valence-electron chi connectivity index (χ3n) is 4.04. The first-order valence-electron chi connectivity index (χ1n) is 7.69. The standard InChI is InChI=1S/C20H18O2/c21-18-14-8-7-13-17(18)19(15-9-3-1-4-10-15)20(22)16-11-5-2-6-12-16/h1-6,9-12H,7-8,13-14H2/b19-17-. The number of carbonyl (C=O) groups excluding carboxylic acids is 2. The van der Waals surface area contributed by atoms with E-state index in [0.29, 0.717) is 29.6 Å². The fourth-order valence-corrected chi connectivity index (χ4v) is 2.92. The lowest BCUT2D eigenvalue weighted by Crippen LogP contribution is -2.15. The molecule has 110 valence electrons. The van der Waals surface area contributed by atoms with Crippen LogP contribution in [-0.4, -0.2) is 11.6 Å². The molecule has 1 aliphatic rings. The number of Topliss-reactive ketones (excluding diaryl/α,β-unsaturated/α-hetero) is 2. The molecule has 1 aliphatic carbocycles. The van der Waals surface area contributed by atoms with Crippen molar-refractivity contribution in [1.82, 2.24) is 0 Å². The summed E-state index contributed by atoms with van der Waals surface area (Å²) in [5.41, 5.74) is 2.75. The predicted molar refractivity (Wildman–Crippen MR) is 87.6 cm³/mol. The van der Waals surface area contributed by atoms with Crippen LogP contribution in [0.5, 0.6) is 0 Å². The summed E-state index contributed by atoms with van der Waals surface area (Å²) in [7, 11) is 0. The molecule has 1 saturated carbocycles. The first kappa shape index (κ1) is 14.5. The Morgan fingerprint density at radius 3 is 1.86 bits per heavy atom. The maximum absolute atomic E-state index is 13.0. The highest BCUT2D eigenvalue weighted by atomic mass is 16.1. The van der Waals surface area contributed by atoms with Crippen molar-refractivity contribution in [3.63, 3.8) is 0 Å². The molecule has 0 atom stereocenters. The van der Waals surface area contributed by atoms with Gasteiger partial charge in [-0.15, -0.1) is 0 Å². The minimum atomic E-state index is -0.0583. The Balaban J connectivity index is 2.14. The smallest absolute Gasteiger partial charge is 0.194 e. The van der Waals surface area contributed by atoms with Crippen LogP contribution < -0.4 is 0 Å². The van der Waals surface area contributed by atoms with E-state index in [0.717, 1.165) is 18.4 Å². The second-order valence-corrected chi connectivity index (χ2v) is 5.55. The van der Waals surface area contributed by atoms with E-state index in [1.165, 1.54) is 0 Å². The van der Waals surface area contributed by atoms with Crippen LogP contribution in [0.2, 0.25) is 0 Å². The van der Waals surface area contributed by atoms with E-state index in [1.54, 1.807) is 12.1 Å². The maximum atomic E-state index is 13.0. The first-order chi connectivity index (χ1) is 10.8. The lowest BCUT2D eigenvalue weighted by atomic mass is 9.84. The number of hydrogen-bond donors (Lipinski definition) is 0. The Labute approximate surface area is 130 Å². The summed E-state index contributed by atoms with van der Waals surface area (Å²) in [6.45, 7) is 0. The van der Waals surface area contributed by atoms with Crippen molar-refractivity contribution in [2.24, 2.45) is 0 Å². The monoisotopic (exact) mass is 290 g/mol. The van der Waals surface area contributed by atoms with E-state index < -0.39 is 0 Å². The van der Waals surface area contributed by atoms with Crippen molar-refractivity contribution in [3.05, 3.63) is 77.4 Å². The zero-order chi connectivity index (χ0) is 15.4. The van der Waals surface area contributed by atoms with Crippen LogP contribution in [0.3, 0.4) is 0 Å². The van der Waals surface area contributed by atoms with Gasteiger partial charge in [0.1, 0.15) is 0 Å². The van der Waals surface area contributed by atoms with Crippen LogP contribution in [0.15, 0.2) is 66.2 Å². The fourth-order valence-electron chi connectivity index (χ4n) is 2.92. The summed E-state index contributed by atoms with van der Waals surface area (Å²) in [5.74, 6) is 0.0615. The van der Waals surface area contributed by atoms with Crippen molar-refractivity contribution in [1.29, 1.82) is 0 Å². The molecule has 3 rings (SSSR count). The molecule has 0 aromatic heterocycles. The van der Waals surface area contributed by atoms with Gasteiger partial charge in [0.05, 0.1) is 0 Å². The molecular weight excluding hydrogens is 272 g/mol. The number of hydrogen-bond acceptors (Lipinski definition) is 2. The lowest BCUT2D eigenvalue weighted by molar-refractivity contribution is -0.116. The van der Waals surface area contributed by atoms with E-state index in [1.807, 2.05) is 48.5 Å². The van der Waals surface area contributed by atoms with Crippen molar-refractivity contribution < 1.29 is 9.59 Å². The molecule has 2 nitrogen and oxygen atoms in total. The maximum Gasteiger partial charge on any atom is 0.194 e. The normalized spacial score (nSPS) is 17.2. The van der Waals surface area contributed by atoms with E-state index in [4.69, 9.17) is 0 Å². The predicted octanol–water partition coefficient (Wildman–Crippen LogP) is 4.47. The van der Waals surface area contributed by atoms with Crippen LogP contribution in [-0.2, 0) is 4.79 Å². The van der Waals surface area contributed by atoms with E-state index in [-0.39, 0.29) is 11.6 Å². The van der Waals surface area contributed by atoms with Crippen LogP contribution in [0.25, 0.3) is 5.57 Å². The van der Waals surface area contributed by atoms with Crippen LogP contribution in [0.1, 0.15) is 41.6 Å². The highest BCUT2D eigenvalue weighted by molar-refractivity contribution is 6.33. The summed E-state index contributed by atoms with van der Waals surface area (Å²) in [6, 6.07) is 18.7. The molecule has 0 spiro atoms. The van der Waals surface area contributed by atoms with Gasteiger partial charge in [-0.3, -0.25) is 9.59 Å². The molecule has 0 aliphatic heterocycles. The Morgan fingerprint density at radius 2 is 1.27 bits per heavy atom. The number of rotatable bonds is 3. The average molecular weight is 290 g/mol. The van der Waals surface area contributed by atoms with Crippen molar-refractivity contribution in [3.8, 4) is 0 Å². The third kappa shape index (κ3) is 2.91. The largest absolute Gasteiger partial charge is 0.295 e. The molecule has 2 aromatic carbocycles. The number of ketones is 2. The van der Waals surface area contributed by atoms with Gasteiger partial charge in [-0.05, 0) is 24.8 Å². The molecule has 2 heteroatoms. The van der Waals surface area contributed by atoms with Gasteiger partial charge in [-0.2, -0.15) is 0 Å². The topological polar surface area (TPSA) is 34.1 Å². The van der Waals surface area contributed by atoms with E-state index in [2.05, 4.69) is 0 Å². The van der Waals surface area contributed by atoms with Crippen LogP contribution in [0.4, 0.5) is 0 Å². The summed E-state index contributed by atoms with van der Waals surface area (Å²) >= 11 is 0. The third-order valence-corrected chi connectivity index (χ3v) is 4.04. The molecule has 0 amide bonds. The van der Waals surface area contributed by atoms with Crippen LogP contribution >= 0.6 is 0 Å². The van der Waals surface area contributed by atoms with Gasteiger partial charge in [-0.25, -0.2) is 0 Å².